The summed E-state index contributed by atoms with van der Waals surface area (Å²) in [6, 6.07) is 14.5. The van der Waals surface area contributed by atoms with E-state index in [-0.39, 0.29) is 12.2 Å². The summed E-state index contributed by atoms with van der Waals surface area (Å²) >= 11 is 5.68. The first-order chi connectivity index (χ1) is 9.65. The second-order valence-corrected chi connectivity index (χ2v) is 5.23. The number of halogens is 2. The second-order valence-electron chi connectivity index (χ2n) is 4.79. The number of aryl methyl sites for hydroxylation is 1. The fourth-order valence-electron chi connectivity index (χ4n) is 2.10. The summed E-state index contributed by atoms with van der Waals surface area (Å²) in [4.78, 5) is 11.8. The molecule has 0 spiro atoms. The lowest BCUT2D eigenvalue weighted by Gasteiger charge is -2.04. The van der Waals surface area contributed by atoms with Crippen LogP contribution in [-0.4, -0.2) is 5.78 Å². The number of ketones is 1. The first-order valence-corrected chi connectivity index (χ1v) is 7.02. The quantitative estimate of drug-likeness (QED) is 0.759. The van der Waals surface area contributed by atoms with Crippen LogP contribution in [0.3, 0.4) is 0 Å². The molecule has 3 heteroatoms. The molecule has 0 atom stereocenters. The Bertz CT molecular complexity index is 581. The molecular weight excluding hydrogens is 275 g/mol. The number of benzene rings is 2. The first kappa shape index (κ1) is 14.7. The molecule has 0 unspecified atom stereocenters. The van der Waals surface area contributed by atoms with Crippen molar-refractivity contribution in [2.45, 2.75) is 25.7 Å². The fraction of sp³-hybridized carbons (Fsp3) is 0.235. The van der Waals surface area contributed by atoms with Gasteiger partial charge in [-0.1, -0.05) is 48.0 Å². The van der Waals surface area contributed by atoms with Crippen LogP contribution in [0.1, 0.15) is 24.0 Å². The average Bonchev–Trinajstić information content (AvgIpc) is 2.43. The zero-order valence-electron chi connectivity index (χ0n) is 11.1. The molecule has 2 aromatic rings. The Labute approximate surface area is 123 Å². The third-order valence-corrected chi connectivity index (χ3v) is 3.40. The number of carbonyl (C=O) groups is 1. The molecule has 2 rings (SSSR count). The van der Waals surface area contributed by atoms with Crippen LogP contribution < -0.4 is 0 Å². The number of carbonyl (C=O) groups excluding carboxylic acids is 1. The Morgan fingerprint density at radius 3 is 2.55 bits per heavy atom. The van der Waals surface area contributed by atoms with Gasteiger partial charge in [0, 0.05) is 17.9 Å². The van der Waals surface area contributed by atoms with Crippen LogP contribution in [0.15, 0.2) is 48.5 Å². The lowest BCUT2D eigenvalue weighted by Crippen LogP contribution is -2.05. The van der Waals surface area contributed by atoms with Gasteiger partial charge in [-0.05, 0) is 36.1 Å². The van der Waals surface area contributed by atoms with E-state index >= 15 is 0 Å². The van der Waals surface area contributed by atoms with E-state index in [9.17, 15) is 9.18 Å². The number of Topliss-reactive ketones (excluding diaryl/α,β-unsaturated/α-hetero) is 1. The molecule has 0 aliphatic heterocycles. The molecule has 0 radical (unpaired) electrons. The highest BCUT2D eigenvalue weighted by Crippen LogP contribution is 2.16. The summed E-state index contributed by atoms with van der Waals surface area (Å²) in [7, 11) is 0. The predicted molar refractivity (Wildman–Crippen MR) is 79.5 cm³/mol. The van der Waals surface area contributed by atoms with Crippen LogP contribution in [0.5, 0.6) is 0 Å². The minimum Gasteiger partial charge on any atom is -0.299 e. The molecule has 0 aromatic heterocycles. The van der Waals surface area contributed by atoms with Crippen LogP contribution in [-0.2, 0) is 17.6 Å². The van der Waals surface area contributed by atoms with Crippen molar-refractivity contribution >= 4 is 17.4 Å². The van der Waals surface area contributed by atoms with Gasteiger partial charge in [0.05, 0.1) is 0 Å². The molecule has 0 saturated carbocycles. The Kier molecular flexibility index (Phi) is 5.31. The topological polar surface area (TPSA) is 17.1 Å². The lowest BCUT2D eigenvalue weighted by atomic mass is 10.0. The van der Waals surface area contributed by atoms with Gasteiger partial charge in [-0.3, -0.25) is 4.79 Å². The third-order valence-electron chi connectivity index (χ3n) is 3.17. The highest BCUT2D eigenvalue weighted by molar-refractivity contribution is 6.30. The van der Waals surface area contributed by atoms with Crippen molar-refractivity contribution < 1.29 is 9.18 Å². The Balaban J connectivity index is 1.81. The van der Waals surface area contributed by atoms with Crippen LogP contribution in [0.25, 0.3) is 0 Å². The molecule has 104 valence electrons. The number of rotatable bonds is 6. The summed E-state index contributed by atoms with van der Waals surface area (Å²) in [5.74, 6) is -0.351. The van der Waals surface area contributed by atoms with Crippen LogP contribution in [0.2, 0.25) is 5.02 Å². The molecule has 0 fully saturated rings. The minimum atomic E-state index is -0.408. The fourth-order valence-corrected chi connectivity index (χ4v) is 2.26. The summed E-state index contributed by atoms with van der Waals surface area (Å²) < 4.78 is 13.6. The molecule has 0 amide bonds. The minimum absolute atomic E-state index is 0.0575. The summed E-state index contributed by atoms with van der Waals surface area (Å²) in [6.07, 6.45) is 2.27. The van der Waals surface area contributed by atoms with Gasteiger partial charge in [0.15, 0.2) is 0 Å². The van der Waals surface area contributed by atoms with Gasteiger partial charge in [-0.25, -0.2) is 4.39 Å². The van der Waals surface area contributed by atoms with Crippen molar-refractivity contribution in [2.75, 3.05) is 0 Å². The number of hydrogen-bond donors (Lipinski definition) is 0. The van der Waals surface area contributed by atoms with E-state index in [1.165, 1.54) is 11.6 Å². The maximum absolute atomic E-state index is 13.6. The Hall–Kier alpha value is -1.67. The predicted octanol–water partition coefficient (Wildman–Crippen LogP) is 4.61. The van der Waals surface area contributed by atoms with Crippen molar-refractivity contribution in [3.05, 3.63) is 70.5 Å². The number of hydrogen-bond acceptors (Lipinski definition) is 1. The van der Waals surface area contributed by atoms with E-state index in [1.54, 1.807) is 12.1 Å². The largest absolute Gasteiger partial charge is 0.299 e. The molecule has 20 heavy (non-hydrogen) atoms. The zero-order valence-corrected chi connectivity index (χ0v) is 11.9. The Morgan fingerprint density at radius 1 is 1.10 bits per heavy atom. The summed E-state index contributed by atoms with van der Waals surface area (Å²) in [5.41, 5.74) is 1.64. The van der Waals surface area contributed by atoms with Crippen LogP contribution in [0.4, 0.5) is 4.39 Å². The standard InChI is InChI=1S/C17H16ClFO/c18-15-10-9-14(17(19)12-15)11-16(20)8-4-7-13-5-2-1-3-6-13/h1-3,5-6,9-10,12H,4,7-8,11H2. The molecule has 0 aliphatic carbocycles. The molecule has 0 N–H and O–H groups in total. The third kappa shape index (κ3) is 4.46. The average molecular weight is 291 g/mol. The van der Waals surface area contributed by atoms with E-state index in [0.29, 0.717) is 17.0 Å². The highest BCUT2D eigenvalue weighted by atomic mass is 35.5. The van der Waals surface area contributed by atoms with E-state index in [4.69, 9.17) is 11.6 Å². The van der Waals surface area contributed by atoms with Gasteiger partial charge in [0.25, 0.3) is 0 Å². The van der Waals surface area contributed by atoms with Gasteiger partial charge in [0.1, 0.15) is 11.6 Å². The molecule has 2 aromatic carbocycles. The monoisotopic (exact) mass is 290 g/mol. The van der Waals surface area contributed by atoms with Crippen molar-refractivity contribution in [2.24, 2.45) is 0 Å². The highest BCUT2D eigenvalue weighted by Gasteiger charge is 2.08. The molecule has 0 saturated heterocycles. The van der Waals surface area contributed by atoms with E-state index < -0.39 is 5.82 Å². The Morgan fingerprint density at radius 2 is 1.85 bits per heavy atom. The van der Waals surface area contributed by atoms with Crippen LogP contribution >= 0.6 is 11.6 Å². The summed E-state index contributed by atoms with van der Waals surface area (Å²) in [6.45, 7) is 0. The van der Waals surface area contributed by atoms with Crippen molar-refractivity contribution in [1.82, 2.24) is 0 Å². The van der Waals surface area contributed by atoms with Crippen molar-refractivity contribution in [3.63, 3.8) is 0 Å². The SMILES string of the molecule is O=C(CCCc1ccccc1)Cc1ccc(Cl)cc1F. The summed E-state index contributed by atoms with van der Waals surface area (Å²) in [5, 5.41) is 0.350. The van der Waals surface area contributed by atoms with Gasteiger partial charge < -0.3 is 0 Å². The normalized spacial score (nSPS) is 10.5. The molecule has 0 bridgehead atoms. The molecule has 0 aliphatic rings. The first-order valence-electron chi connectivity index (χ1n) is 6.65. The lowest BCUT2D eigenvalue weighted by molar-refractivity contribution is -0.118. The second kappa shape index (κ2) is 7.20. The zero-order chi connectivity index (χ0) is 14.4. The van der Waals surface area contributed by atoms with Gasteiger partial charge in [-0.2, -0.15) is 0 Å². The van der Waals surface area contributed by atoms with E-state index in [2.05, 4.69) is 0 Å². The smallest absolute Gasteiger partial charge is 0.137 e. The van der Waals surface area contributed by atoms with E-state index in [0.717, 1.165) is 12.8 Å². The maximum Gasteiger partial charge on any atom is 0.137 e. The molecule has 0 heterocycles. The van der Waals surface area contributed by atoms with Crippen molar-refractivity contribution in [3.8, 4) is 0 Å². The van der Waals surface area contributed by atoms with Crippen molar-refractivity contribution in [1.29, 1.82) is 0 Å². The van der Waals surface area contributed by atoms with Gasteiger partial charge >= 0.3 is 0 Å². The van der Waals surface area contributed by atoms with E-state index in [1.807, 2.05) is 30.3 Å². The van der Waals surface area contributed by atoms with Gasteiger partial charge in [-0.15, -0.1) is 0 Å². The maximum atomic E-state index is 13.6. The van der Waals surface area contributed by atoms with Crippen LogP contribution in [0, 0.1) is 5.82 Å². The molecular formula is C17H16ClFO. The molecule has 1 nitrogen and oxygen atoms in total. The van der Waals surface area contributed by atoms with Gasteiger partial charge in [0.2, 0.25) is 0 Å².